The van der Waals surface area contributed by atoms with Gasteiger partial charge in [-0.25, -0.2) is 0 Å². The van der Waals surface area contributed by atoms with Crippen LogP contribution in [-0.2, 0) is 19.3 Å². The highest BCUT2D eigenvalue weighted by molar-refractivity contribution is 7.12. The molecule has 1 nitrogen and oxygen atoms in total. The third-order valence-corrected chi connectivity index (χ3v) is 5.55. The average Bonchev–Trinajstić information content (AvgIpc) is 2.94. The molecule has 0 amide bonds. The van der Waals surface area contributed by atoms with Crippen molar-refractivity contribution in [3.05, 3.63) is 55.2 Å². The minimum atomic E-state index is 0.00608. The minimum Gasteiger partial charge on any atom is -0.323 e. The van der Waals surface area contributed by atoms with Gasteiger partial charge in [0.15, 0.2) is 0 Å². The number of fused-ring (bicyclic) bond motifs is 1. The number of nitrogens with two attached hydrogens (primary N) is 1. The zero-order valence-electron chi connectivity index (χ0n) is 10.5. The number of hydrogen-bond donors (Lipinski definition) is 1. The van der Waals surface area contributed by atoms with Crippen LogP contribution in [0.4, 0.5) is 0 Å². The molecule has 1 aromatic carbocycles. The van der Waals surface area contributed by atoms with Crippen LogP contribution in [-0.4, -0.2) is 0 Å². The van der Waals surface area contributed by atoms with Crippen LogP contribution in [0.5, 0.6) is 0 Å². The normalized spacial score (nSPS) is 15.5. The van der Waals surface area contributed by atoms with E-state index in [4.69, 9.17) is 28.9 Å². The van der Waals surface area contributed by atoms with Gasteiger partial charge in [-0.05, 0) is 61.1 Å². The fourth-order valence-electron chi connectivity index (χ4n) is 2.57. The first-order valence-electron chi connectivity index (χ1n) is 6.44. The Morgan fingerprint density at radius 2 is 2.05 bits per heavy atom. The molecule has 0 fully saturated rings. The molecule has 100 valence electrons. The maximum absolute atomic E-state index is 6.32. The molecule has 2 aromatic rings. The molecule has 0 spiro atoms. The molecule has 4 heteroatoms. The second-order valence-electron chi connectivity index (χ2n) is 5.00. The first kappa shape index (κ1) is 13.4. The van der Waals surface area contributed by atoms with Crippen molar-refractivity contribution in [3.63, 3.8) is 0 Å². The van der Waals surface area contributed by atoms with Gasteiger partial charge in [0.2, 0.25) is 0 Å². The Morgan fingerprint density at radius 3 is 2.84 bits per heavy atom. The summed E-state index contributed by atoms with van der Waals surface area (Å²) in [6.07, 6.45) is 4.44. The Kier molecular flexibility index (Phi) is 3.86. The van der Waals surface area contributed by atoms with Crippen LogP contribution in [0, 0.1) is 0 Å². The lowest BCUT2D eigenvalue weighted by molar-refractivity contribution is 0.735. The van der Waals surface area contributed by atoms with Gasteiger partial charge in [-0.3, -0.25) is 0 Å². The van der Waals surface area contributed by atoms with E-state index in [2.05, 4.69) is 6.07 Å². The van der Waals surface area contributed by atoms with Crippen LogP contribution >= 0.6 is 34.5 Å². The van der Waals surface area contributed by atoms with E-state index in [0.717, 1.165) is 17.0 Å². The second-order valence-corrected chi connectivity index (χ2v) is 7.01. The number of benzene rings is 1. The van der Waals surface area contributed by atoms with Gasteiger partial charge >= 0.3 is 0 Å². The van der Waals surface area contributed by atoms with E-state index >= 15 is 0 Å². The summed E-state index contributed by atoms with van der Waals surface area (Å²) in [6.45, 7) is 0. The molecule has 1 unspecified atom stereocenters. The third kappa shape index (κ3) is 2.82. The monoisotopic (exact) mass is 311 g/mol. The lowest BCUT2D eigenvalue weighted by atomic mass is 10.0. The van der Waals surface area contributed by atoms with Gasteiger partial charge in [0.05, 0.1) is 0 Å². The highest BCUT2D eigenvalue weighted by Gasteiger charge is 2.19. The van der Waals surface area contributed by atoms with Crippen LogP contribution in [0.15, 0.2) is 24.3 Å². The van der Waals surface area contributed by atoms with Gasteiger partial charge in [-0.15, -0.1) is 11.3 Å². The first-order chi connectivity index (χ1) is 9.13. The van der Waals surface area contributed by atoms with Crippen molar-refractivity contribution in [3.8, 4) is 0 Å². The molecular weight excluding hydrogens is 297 g/mol. The predicted octanol–water partition coefficient (Wildman–Crippen LogP) is 4.79. The van der Waals surface area contributed by atoms with Crippen molar-refractivity contribution in [1.82, 2.24) is 0 Å². The van der Waals surface area contributed by atoms with Gasteiger partial charge in [-0.2, -0.15) is 0 Å². The van der Waals surface area contributed by atoms with E-state index in [1.807, 2.05) is 23.5 Å². The van der Waals surface area contributed by atoms with Gasteiger partial charge in [0, 0.05) is 25.8 Å². The molecule has 1 aliphatic carbocycles. The van der Waals surface area contributed by atoms with Crippen LogP contribution < -0.4 is 5.73 Å². The van der Waals surface area contributed by atoms with E-state index in [1.54, 1.807) is 6.07 Å². The number of aryl methyl sites for hydroxylation is 2. The molecule has 3 rings (SSSR count). The van der Waals surface area contributed by atoms with Gasteiger partial charge < -0.3 is 5.73 Å². The van der Waals surface area contributed by atoms with Crippen molar-refractivity contribution in [2.45, 2.75) is 31.7 Å². The van der Waals surface area contributed by atoms with E-state index < -0.39 is 0 Å². The highest BCUT2D eigenvalue weighted by Crippen LogP contribution is 2.35. The molecule has 19 heavy (non-hydrogen) atoms. The lowest BCUT2D eigenvalue weighted by Gasteiger charge is -2.11. The number of hydrogen-bond acceptors (Lipinski definition) is 2. The third-order valence-electron chi connectivity index (χ3n) is 3.58. The summed E-state index contributed by atoms with van der Waals surface area (Å²) in [6, 6.07) is 7.83. The molecule has 0 saturated carbocycles. The SMILES string of the molecule is NC(Cc1cc(Cl)ccc1Cl)c1cc2c(s1)CCC2. The molecule has 1 aliphatic rings. The smallest absolute Gasteiger partial charge is 0.0439 e. The molecule has 1 aromatic heterocycles. The quantitative estimate of drug-likeness (QED) is 0.866. The van der Waals surface area contributed by atoms with Crippen molar-refractivity contribution in [2.75, 3.05) is 0 Å². The van der Waals surface area contributed by atoms with E-state index in [0.29, 0.717) is 5.02 Å². The zero-order chi connectivity index (χ0) is 13.4. The van der Waals surface area contributed by atoms with E-state index in [-0.39, 0.29) is 6.04 Å². The summed E-state index contributed by atoms with van der Waals surface area (Å²) >= 11 is 14.1. The lowest BCUT2D eigenvalue weighted by Crippen LogP contribution is -2.12. The van der Waals surface area contributed by atoms with Crippen molar-refractivity contribution in [2.24, 2.45) is 5.73 Å². The Hall–Kier alpha value is -0.540. The van der Waals surface area contributed by atoms with Crippen LogP contribution in [0.1, 0.15) is 33.3 Å². The molecular formula is C15H15Cl2NS. The number of rotatable bonds is 3. The average molecular weight is 312 g/mol. The van der Waals surface area contributed by atoms with Crippen LogP contribution in [0.25, 0.3) is 0 Å². The van der Waals surface area contributed by atoms with Crippen molar-refractivity contribution in [1.29, 1.82) is 0 Å². The summed E-state index contributed by atoms with van der Waals surface area (Å²) < 4.78 is 0. The fourth-order valence-corrected chi connectivity index (χ4v) is 4.22. The van der Waals surface area contributed by atoms with E-state index in [1.165, 1.54) is 34.6 Å². The van der Waals surface area contributed by atoms with Gasteiger partial charge in [-0.1, -0.05) is 23.2 Å². The Bertz CT molecular complexity index is 585. The molecule has 1 atom stereocenters. The summed E-state index contributed by atoms with van der Waals surface area (Å²) in [7, 11) is 0. The summed E-state index contributed by atoms with van der Waals surface area (Å²) in [5.41, 5.74) is 8.83. The molecule has 1 heterocycles. The summed E-state index contributed by atoms with van der Waals surface area (Å²) in [5, 5.41) is 1.45. The van der Waals surface area contributed by atoms with Crippen molar-refractivity contribution >= 4 is 34.5 Å². The Balaban J connectivity index is 1.80. The topological polar surface area (TPSA) is 26.0 Å². The summed E-state index contributed by atoms with van der Waals surface area (Å²) in [4.78, 5) is 2.78. The maximum Gasteiger partial charge on any atom is 0.0439 e. The molecule has 0 saturated heterocycles. The van der Waals surface area contributed by atoms with Crippen molar-refractivity contribution < 1.29 is 0 Å². The number of thiophene rings is 1. The minimum absolute atomic E-state index is 0.00608. The second kappa shape index (κ2) is 5.45. The van der Waals surface area contributed by atoms with Crippen LogP contribution in [0.2, 0.25) is 10.0 Å². The number of halogens is 2. The standard InChI is InChI=1S/C15H15Cl2NS/c16-11-4-5-12(17)10(6-11)7-13(18)15-8-9-2-1-3-14(9)19-15/h4-6,8,13H,1-3,7,18H2. The summed E-state index contributed by atoms with van der Waals surface area (Å²) in [5.74, 6) is 0. The van der Waals surface area contributed by atoms with E-state index in [9.17, 15) is 0 Å². The maximum atomic E-state index is 6.32. The molecule has 0 radical (unpaired) electrons. The highest BCUT2D eigenvalue weighted by atomic mass is 35.5. The molecule has 0 bridgehead atoms. The van der Waals surface area contributed by atoms with Gasteiger partial charge in [0.25, 0.3) is 0 Å². The molecule has 0 aliphatic heterocycles. The van der Waals surface area contributed by atoms with Crippen LogP contribution in [0.3, 0.4) is 0 Å². The Morgan fingerprint density at radius 1 is 1.21 bits per heavy atom. The molecule has 2 N–H and O–H groups in total. The predicted molar refractivity (Wildman–Crippen MR) is 83.4 cm³/mol. The Labute approximate surface area is 127 Å². The largest absolute Gasteiger partial charge is 0.323 e. The first-order valence-corrected chi connectivity index (χ1v) is 8.01. The van der Waals surface area contributed by atoms with Gasteiger partial charge in [0.1, 0.15) is 0 Å². The fraction of sp³-hybridized carbons (Fsp3) is 0.333. The zero-order valence-corrected chi connectivity index (χ0v) is 12.8.